The standard InChI is InChI=1S/C16H22BrN3/c1-5-15-11(3)19-20(12(15)4)14-8-7-13(10-18-6-2)16(17)9-14/h7-9,18H,5-6,10H2,1-4H3. The zero-order chi connectivity index (χ0) is 14.7. The van der Waals surface area contributed by atoms with E-state index in [1.165, 1.54) is 16.8 Å². The molecular formula is C16H22BrN3. The van der Waals surface area contributed by atoms with Crippen LogP contribution < -0.4 is 5.32 Å². The molecule has 0 amide bonds. The summed E-state index contributed by atoms with van der Waals surface area (Å²) in [5, 5.41) is 8.01. The van der Waals surface area contributed by atoms with Crippen molar-refractivity contribution in [3.63, 3.8) is 0 Å². The molecule has 1 N–H and O–H groups in total. The maximum absolute atomic E-state index is 4.66. The first-order chi connectivity index (χ1) is 9.58. The van der Waals surface area contributed by atoms with Gasteiger partial charge in [0.05, 0.1) is 11.4 Å². The van der Waals surface area contributed by atoms with E-state index >= 15 is 0 Å². The predicted octanol–water partition coefficient (Wildman–Crippen LogP) is 3.92. The lowest BCUT2D eigenvalue weighted by Gasteiger charge is -2.09. The number of nitrogens with one attached hydrogen (secondary N) is 1. The molecule has 0 saturated heterocycles. The highest BCUT2D eigenvalue weighted by molar-refractivity contribution is 9.10. The van der Waals surface area contributed by atoms with Crippen LogP contribution in [0.15, 0.2) is 22.7 Å². The number of hydrogen-bond acceptors (Lipinski definition) is 2. The summed E-state index contributed by atoms with van der Waals surface area (Å²) in [6.07, 6.45) is 1.03. The molecule has 0 bridgehead atoms. The van der Waals surface area contributed by atoms with Crippen LogP contribution in [0.2, 0.25) is 0 Å². The predicted molar refractivity (Wildman–Crippen MR) is 87.5 cm³/mol. The molecule has 108 valence electrons. The molecule has 20 heavy (non-hydrogen) atoms. The third kappa shape index (κ3) is 2.96. The quantitative estimate of drug-likeness (QED) is 0.897. The molecule has 3 nitrogen and oxygen atoms in total. The Balaban J connectivity index is 2.37. The lowest BCUT2D eigenvalue weighted by atomic mass is 10.1. The van der Waals surface area contributed by atoms with E-state index in [9.17, 15) is 0 Å². The van der Waals surface area contributed by atoms with Crippen molar-refractivity contribution in [2.24, 2.45) is 0 Å². The Morgan fingerprint density at radius 3 is 2.55 bits per heavy atom. The maximum Gasteiger partial charge on any atom is 0.0660 e. The van der Waals surface area contributed by atoms with Crippen molar-refractivity contribution < 1.29 is 0 Å². The fourth-order valence-corrected chi connectivity index (χ4v) is 3.02. The van der Waals surface area contributed by atoms with Gasteiger partial charge in [-0.1, -0.05) is 35.8 Å². The fraction of sp³-hybridized carbons (Fsp3) is 0.438. The van der Waals surface area contributed by atoms with Crippen molar-refractivity contribution >= 4 is 15.9 Å². The molecule has 0 radical (unpaired) electrons. The van der Waals surface area contributed by atoms with Crippen molar-refractivity contribution in [1.29, 1.82) is 0 Å². The van der Waals surface area contributed by atoms with Crippen LogP contribution in [0.4, 0.5) is 0 Å². The third-order valence-corrected chi connectivity index (χ3v) is 4.38. The first-order valence-corrected chi connectivity index (χ1v) is 7.92. The molecule has 0 aliphatic carbocycles. The summed E-state index contributed by atoms with van der Waals surface area (Å²) in [5.41, 5.74) is 6.08. The Kier molecular flexibility index (Phi) is 5.00. The first-order valence-electron chi connectivity index (χ1n) is 7.13. The summed E-state index contributed by atoms with van der Waals surface area (Å²) < 4.78 is 3.16. The minimum atomic E-state index is 0.884. The molecule has 0 atom stereocenters. The minimum Gasteiger partial charge on any atom is -0.313 e. The van der Waals surface area contributed by atoms with Crippen LogP contribution in [0.3, 0.4) is 0 Å². The van der Waals surface area contributed by atoms with Crippen LogP contribution in [0.1, 0.15) is 36.4 Å². The molecule has 0 unspecified atom stereocenters. The zero-order valence-corrected chi connectivity index (χ0v) is 14.2. The number of aromatic nitrogens is 2. The van der Waals surface area contributed by atoms with E-state index in [-0.39, 0.29) is 0 Å². The van der Waals surface area contributed by atoms with Crippen LogP contribution >= 0.6 is 15.9 Å². The summed E-state index contributed by atoms with van der Waals surface area (Å²) in [5.74, 6) is 0. The molecule has 0 spiro atoms. The summed E-state index contributed by atoms with van der Waals surface area (Å²) in [4.78, 5) is 0. The number of halogens is 1. The second-order valence-corrected chi connectivity index (χ2v) is 5.83. The fourth-order valence-electron chi connectivity index (χ4n) is 2.51. The molecule has 0 saturated carbocycles. The Morgan fingerprint density at radius 2 is 2.00 bits per heavy atom. The molecule has 0 fully saturated rings. The Bertz CT molecular complexity index is 602. The van der Waals surface area contributed by atoms with E-state index in [1.807, 2.05) is 4.68 Å². The summed E-state index contributed by atoms with van der Waals surface area (Å²) >= 11 is 3.66. The molecule has 0 aliphatic rings. The summed E-state index contributed by atoms with van der Waals surface area (Å²) in [6, 6.07) is 6.44. The van der Waals surface area contributed by atoms with Gasteiger partial charge in [0.2, 0.25) is 0 Å². The smallest absolute Gasteiger partial charge is 0.0660 e. The minimum absolute atomic E-state index is 0.884. The van der Waals surface area contributed by atoms with Crippen LogP contribution in [0.25, 0.3) is 5.69 Å². The Labute approximate surface area is 129 Å². The highest BCUT2D eigenvalue weighted by Crippen LogP contribution is 2.23. The summed E-state index contributed by atoms with van der Waals surface area (Å²) in [6.45, 7) is 10.4. The van der Waals surface area contributed by atoms with E-state index in [4.69, 9.17) is 0 Å². The van der Waals surface area contributed by atoms with Gasteiger partial charge in [-0.3, -0.25) is 0 Å². The average molecular weight is 336 g/mol. The van der Waals surface area contributed by atoms with Gasteiger partial charge in [0.1, 0.15) is 0 Å². The molecule has 2 rings (SSSR count). The van der Waals surface area contributed by atoms with Crippen LogP contribution in [0.5, 0.6) is 0 Å². The zero-order valence-electron chi connectivity index (χ0n) is 12.6. The van der Waals surface area contributed by atoms with Gasteiger partial charge in [0.25, 0.3) is 0 Å². The number of benzene rings is 1. The van der Waals surface area contributed by atoms with Gasteiger partial charge in [-0.15, -0.1) is 0 Å². The van der Waals surface area contributed by atoms with Gasteiger partial charge in [-0.2, -0.15) is 5.10 Å². The van der Waals surface area contributed by atoms with Crippen molar-refractivity contribution in [3.05, 3.63) is 45.2 Å². The van der Waals surface area contributed by atoms with Crippen molar-refractivity contribution in [3.8, 4) is 5.69 Å². The van der Waals surface area contributed by atoms with Gasteiger partial charge in [-0.05, 0) is 50.1 Å². The third-order valence-electron chi connectivity index (χ3n) is 3.64. The van der Waals surface area contributed by atoms with Crippen LogP contribution in [-0.4, -0.2) is 16.3 Å². The molecular weight excluding hydrogens is 314 g/mol. The molecule has 2 aromatic rings. The van der Waals surface area contributed by atoms with E-state index < -0.39 is 0 Å². The van der Waals surface area contributed by atoms with Crippen LogP contribution in [0, 0.1) is 13.8 Å². The van der Waals surface area contributed by atoms with Crippen LogP contribution in [-0.2, 0) is 13.0 Å². The van der Waals surface area contributed by atoms with Gasteiger partial charge in [0.15, 0.2) is 0 Å². The van der Waals surface area contributed by atoms with E-state index in [0.717, 1.165) is 35.4 Å². The van der Waals surface area contributed by atoms with Crippen molar-refractivity contribution in [2.75, 3.05) is 6.54 Å². The number of nitrogens with zero attached hydrogens (tertiary/aromatic N) is 2. The number of aryl methyl sites for hydroxylation is 1. The number of rotatable bonds is 5. The second kappa shape index (κ2) is 6.55. The van der Waals surface area contributed by atoms with E-state index in [0.29, 0.717) is 0 Å². The average Bonchev–Trinajstić information content (AvgIpc) is 2.72. The van der Waals surface area contributed by atoms with Gasteiger partial charge in [0, 0.05) is 16.7 Å². The monoisotopic (exact) mass is 335 g/mol. The molecule has 1 aromatic carbocycles. The SMILES string of the molecule is CCNCc1ccc(-n2nc(C)c(CC)c2C)cc1Br. The molecule has 1 aromatic heterocycles. The van der Waals surface area contributed by atoms with E-state index in [2.05, 4.69) is 72.2 Å². The lowest BCUT2D eigenvalue weighted by molar-refractivity contribution is 0.724. The van der Waals surface area contributed by atoms with Gasteiger partial charge < -0.3 is 5.32 Å². The largest absolute Gasteiger partial charge is 0.313 e. The Hall–Kier alpha value is -1.13. The molecule has 0 aliphatic heterocycles. The van der Waals surface area contributed by atoms with Gasteiger partial charge >= 0.3 is 0 Å². The maximum atomic E-state index is 4.66. The summed E-state index contributed by atoms with van der Waals surface area (Å²) in [7, 11) is 0. The van der Waals surface area contributed by atoms with Crippen molar-refractivity contribution in [2.45, 2.75) is 40.7 Å². The van der Waals surface area contributed by atoms with Gasteiger partial charge in [-0.25, -0.2) is 4.68 Å². The topological polar surface area (TPSA) is 29.9 Å². The molecule has 4 heteroatoms. The van der Waals surface area contributed by atoms with E-state index in [1.54, 1.807) is 0 Å². The first kappa shape index (κ1) is 15.3. The normalized spacial score (nSPS) is 11.1. The molecule has 1 heterocycles. The number of hydrogen-bond donors (Lipinski definition) is 1. The highest BCUT2D eigenvalue weighted by atomic mass is 79.9. The second-order valence-electron chi connectivity index (χ2n) is 4.97. The highest BCUT2D eigenvalue weighted by Gasteiger charge is 2.12. The Morgan fingerprint density at radius 1 is 1.25 bits per heavy atom. The van der Waals surface area contributed by atoms with Crippen molar-refractivity contribution in [1.82, 2.24) is 15.1 Å². The lowest BCUT2D eigenvalue weighted by Crippen LogP contribution is -2.12.